The largest absolute Gasteiger partial charge is 0.466 e. The molecule has 1 aliphatic heterocycles. The quantitative estimate of drug-likeness (QED) is 0.739. The molecule has 5 nitrogen and oxygen atoms in total. The molecule has 0 saturated carbocycles. The van der Waals surface area contributed by atoms with Crippen molar-refractivity contribution in [2.75, 3.05) is 0 Å². The van der Waals surface area contributed by atoms with Gasteiger partial charge in [0.2, 0.25) is 0 Å². The third-order valence-electron chi connectivity index (χ3n) is 2.03. The van der Waals surface area contributed by atoms with Crippen molar-refractivity contribution in [3.63, 3.8) is 0 Å². The van der Waals surface area contributed by atoms with E-state index in [0.29, 0.717) is 16.4 Å². The summed E-state index contributed by atoms with van der Waals surface area (Å²) in [6.07, 6.45) is 10.8. The van der Waals surface area contributed by atoms with Crippen molar-refractivity contribution in [1.82, 2.24) is 0 Å². The zero-order chi connectivity index (χ0) is 14.0. The number of para-hydroxylation sites is 1. The Kier molecular flexibility index (Phi) is 5.48. The van der Waals surface area contributed by atoms with E-state index in [1.165, 1.54) is 50.1 Å². The van der Waals surface area contributed by atoms with E-state index in [9.17, 15) is 0 Å². The van der Waals surface area contributed by atoms with Gasteiger partial charge in [-0.1, -0.05) is 6.07 Å². The van der Waals surface area contributed by atoms with E-state index in [1.807, 2.05) is 0 Å². The second-order valence-electron chi connectivity index (χ2n) is 3.34. The third kappa shape index (κ3) is 4.33. The van der Waals surface area contributed by atoms with Gasteiger partial charge in [-0.3, -0.25) is 0 Å². The van der Waals surface area contributed by atoms with Gasteiger partial charge in [-0.25, -0.2) is 0 Å². The van der Waals surface area contributed by atoms with Crippen LogP contribution in [0.2, 0.25) is 0 Å². The number of fused-ring (bicyclic) bond motifs is 1. The van der Waals surface area contributed by atoms with E-state index in [-0.39, 0.29) is 0 Å². The number of ether oxygens (including phenoxy) is 5. The van der Waals surface area contributed by atoms with Crippen molar-refractivity contribution >= 4 is 12.6 Å². The Labute approximate surface area is 121 Å². The van der Waals surface area contributed by atoms with Gasteiger partial charge in [-0.2, -0.15) is 0 Å². The van der Waals surface area contributed by atoms with Crippen LogP contribution in [0.25, 0.3) is 0 Å². The molecule has 1 aliphatic rings. The number of hydrogen-bond acceptors (Lipinski definition) is 6. The first-order valence-electron chi connectivity index (χ1n) is 5.59. The second kappa shape index (κ2) is 7.85. The van der Waals surface area contributed by atoms with Crippen molar-refractivity contribution in [2.45, 2.75) is 4.90 Å². The first-order chi connectivity index (χ1) is 9.88. The highest BCUT2D eigenvalue weighted by atomic mass is 32.1. The van der Waals surface area contributed by atoms with E-state index < -0.39 is 0 Å². The molecule has 0 saturated heterocycles. The fourth-order valence-electron chi connectivity index (χ4n) is 1.24. The van der Waals surface area contributed by atoms with Crippen LogP contribution in [-0.2, 0) is 14.2 Å². The van der Waals surface area contributed by atoms with Gasteiger partial charge in [0, 0.05) is 0 Å². The molecule has 0 N–H and O–H groups in total. The molecule has 20 heavy (non-hydrogen) atoms. The maximum Gasteiger partial charge on any atom is 0.182 e. The molecular weight excluding hydrogens is 280 g/mol. The number of benzene rings is 1. The van der Waals surface area contributed by atoms with Crippen LogP contribution in [-0.4, -0.2) is 0 Å². The van der Waals surface area contributed by atoms with E-state index in [1.54, 1.807) is 18.2 Å². The lowest BCUT2D eigenvalue weighted by molar-refractivity contribution is 0.316. The molecule has 0 fully saturated rings. The third-order valence-corrected chi connectivity index (χ3v) is 2.38. The molecule has 0 aliphatic carbocycles. The van der Waals surface area contributed by atoms with E-state index in [4.69, 9.17) is 23.7 Å². The predicted molar refractivity (Wildman–Crippen MR) is 74.8 cm³/mol. The minimum absolute atomic E-state index is 0.464. The number of thiol groups is 1. The van der Waals surface area contributed by atoms with Gasteiger partial charge in [0.25, 0.3) is 0 Å². The van der Waals surface area contributed by atoms with Gasteiger partial charge >= 0.3 is 0 Å². The average molecular weight is 292 g/mol. The van der Waals surface area contributed by atoms with Gasteiger partial charge in [-0.15, -0.1) is 12.6 Å². The normalized spacial score (nSPS) is 20.9. The van der Waals surface area contributed by atoms with Crippen molar-refractivity contribution < 1.29 is 23.7 Å². The molecule has 104 valence electrons. The van der Waals surface area contributed by atoms with Crippen LogP contribution < -0.4 is 9.47 Å². The maximum atomic E-state index is 5.42. The van der Waals surface area contributed by atoms with Crippen LogP contribution in [0.3, 0.4) is 0 Å². The SMILES string of the molecule is Sc1cccc2c1O/C=C\O/C=C\O/C=C\O/C=C\O2. The molecule has 0 unspecified atom stereocenters. The standard InChI is InChI=1S/C14H12O5S/c20-13-3-1-2-12-14(13)19-11-9-17-7-5-15-4-6-16-8-10-18-12/h1-11,20H/b6-4-,7-5-,10-8-,11-9-. The molecule has 0 amide bonds. The van der Waals surface area contributed by atoms with Crippen LogP contribution in [0.1, 0.15) is 0 Å². The topological polar surface area (TPSA) is 46.2 Å². The molecule has 0 spiro atoms. The van der Waals surface area contributed by atoms with Gasteiger partial charge in [0.15, 0.2) is 11.5 Å². The minimum Gasteiger partial charge on any atom is -0.466 e. The van der Waals surface area contributed by atoms with E-state index >= 15 is 0 Å². The van der Waals surface area contributed by atoms with Crippen LogP contribution in [0, 0.1) is 0 Å². The van der Waals surface area contributed by atoms with Crippen LogP contribution in [0.4, 0.5) is 0 Å². The summed E-state index contributed by atoms with van der Waals surface area (Å²) in [5.74, 6) is 0.957. The zero-order valence-electron chi connectivity index (χ0n) is 10.3. The van der Waals surface area contributed by atoms with Gasteiger partial charge in [-0.05, 0) is 12.1 Å². The fourth-order valence-corrected chi connectivity index (χ4v) is 1.49. The first-order valence-corrected chi connectivity index (χ1v) is 6.04. The lowest BCUT2D eigenvalue weighted by Crippen LogP contribution is -1.90. The van der Waals surface area contributed by atoms with Gasteiger partial charge in [0.1, 0.15) is 50.1 Å². The molecule has 0 aromatic heterocycles. The number of hydrogen-bond donors (Lipinski definition) is 1. The molecule has 0 radical (unpaired) electrons. The molecule has 1 heterocycles. The second-order valence-corrected chi connectivity index (χ2v) is 3.82. The smallest absolute Gasteiger partial charge is 0.182 e. The first kappa shape index (κ1) is 14.0. The summed E-state index contributed by atoms with van der Waals surface area (Å²) in [5.41, 5.74) is 0. The van der Waals surface area contributed by atoms with Crippen LogP contribution in [0.5, 0.6) is 11.5 Å². The summed E-state index contributed by atoms with van der Waals surface area (Å²) in [4.78, 5) is 0.629. The Hall–Kier alpha value is -2.47. The Morgan fingerprint density at radius 3 is 1.85 bits per heavy atom. The summed E-state index contributed by atoms with van der Waals surface area (Å²) in [6.45, 7) is 0. The van der Waals surface area contributed by atoms with E-state index in [2.05, 4.69) is 12.6 Å². The Morgan fingerprint density at radius 2 is 1.20 bits per heavy atom. The van der Waals surface area contributed by atoms with Crippen molar-refractivity contribution in [2.24, 2.45) is 0 Å². The molecule has 6 heteroatoms. The maximum absolute atomic E-state index is 5.42. The highest BCUT2D eigenvalue weighted by molar-refractivity contribution is 7.80. The highest BCUT2D eigenvalue weighted by Crippen LogP contribution is 2.34. The van der Waals surface area contributed by atoms with Crippen LogP contribution in [0.15, 0.2) is 73.2 Å². The number of rotatable bonds is 0. The van der Waals surface area contributed by atoms with Crippen molar-refractivity contribution in [3.8, 4) is 11.5 Å². The molecular formula is C14H12O5S. The van der Waals surface area contributed by atoms with E-state index in [0.717, 1.165) is 0 Å². The summed E-state index contributed by atoms with van der Waals surface area (Å²) in [7, 11) is 0. The summed E-state index contributed by atoms with van der Waals surface area (Å²) in [5, 5.41) is 0. The summed E-state index contributed by atoms with van der Waals surface area (Å²) < 4.78 is 25.7. The molecule has 0 bridgehead atoms. The Morgan fingerprint density at radius 1 is 0.650 bits per heavy atom. The molecule has 2 rings (SSSR count). The summed E-state index contributed by atoms with van der Waals surface area (Å²) >= 11 is 4.30. The lowest BCUT2D eigenvalue weighted by atomic mass is 10.3. The monoisotopic (exact) mass is 292 g/mol. The average Bonchev–Trinajstić information content (AvgIpc) is 2.46. The Bertz CT molecular complexity index is 548. The molecule has 1 aromatic carbocycles. The highest BCUT2D eigenvalue weighted by Gasteiger charge is 2.07. The van der Waals surface area contributed by atoms with Crippen molar-refractivity contribution in [1.29, 1.82) is 0 Å². The fraction of sp³-hybridized carbons (Fsp3) is 0. The van der Waals surface area contributed by atoms with Crippen molar-refractivity contribution in [3.05, 3.63) is 68.3 Å². The molecule has 1 aromatic rings. The zero-order valence-corrected chi connectivity index (χ0v) is 11.2. The van der Waals surface area contributed by atoms with Gasteiger partial charge < -0.3 is 23.7 Å². The Balaban J connectivity index is 2.19. The minimum atomic E-state index is 0.464. The van der Waals surface area contributed by atoms with Gasteiger partial charge in [0.05, 0.1) is 4.90 Å². The predicted octanol–water partition coefficient (Wildman–Crippen LogP) is 3.68. The van der Waals surface area contributed by atoms with Crippen LogP contribution >= 0.6 is 12.6 Å². The molecule has 0 atom stereocenters. The summed E-state index contributed by atoms with van der Waals surface area (Å²) in [6, 6.07) is 5.32. The lowest BCUT2D eigenvalue weighted by Gasteiger charge is -2.09.